The second kappa shape index (κ2) is 8.06. The highest BCUT2D eigenvalue weighted by Crippen LogP contribution is 2.33. The zero-order valence-electron chi connectivity index (χ0n) is 17.2. The van der Waals surface area contributed by atoms with Crippen molar-refractivity contribution in [2.75, 3.05) is 13.2 Å². The van der Waals surface area contributed by atoms with Crippen LogP contribution in [0.2, 0.25) is 5.02 Å². The van der Waals surface area contributed by atoms with Crippen molar-refractivity contribution in [3.8, 4) is 28.4 Å². The number of benzene rings is 2. The van der Waals surface area contributed by atoms with E-state index in [1.54, 1.807) is 30.3 Å². The first-order valence-electron chi connectivity index (χ1n) is 10.6. The summed E-state index contributed by atoms with van der Waals surface area (Å²) in [5.74, 6) is -1.25. The SMILES string of the molecule is Fc1cc(F)cc(-c2ccc(-c3nc4nc(OC5CO[C@@H]6CCO[C@H]56)[nH]c4cc3Cl)cc2)c1. The Hall–Kier alpha value is -3.07. The normalized spacial score (nSPS) is 22.1. The lowest BCUT2D eigenvalue weighted by atomic mass is 10.0. The minimum Gasteiger partial charge on any atom is -0.456 e. The number of imidazole rings is 1. The summed E-state index contributed by atoms with van der Waals surface area (Å²) in [6, 6.07) is 12.6. The van der Waals surface area contributed by atoms with Crippen LogP contribution < -0.4 is 4.74 Å². The van der Waals surface area contributed by atoms with E-state index in [-0.39, 0.29) is 18.3 Å². The Morgan fingerprint density at radius 2 is 1.70 bits per heavy atom. The number of nitrogens with zero attached hydrogens (tertiary/aromatic N) is 2. The average molecular weight is 470 g/mol. The van der Waals surface area contributed by atoms with Gasteiger partial charge in [-0.15, -0.1) is 0 Å². The molecule has 6 rings (SSSR count). The molecule has 0 bridgehead atoms. The van der Waals surface area contributed by atoms with Gasteiger partial charge >= 0.3 is 0 Å². The Labute approximate surface area is 192 Å². The molecule has 1 unspecified atom stereocenters. The van der Waals surface area contributed by atoms with Crippen LogP contribution in [0.3, 0.4) is 0 Å². The van der Waals surface area contributed by atoms with Gasteiger partial charge in [-0.1, -0.05) is 35.9 Å². The van der Waals surface area contributed by atoms with E-state index < -0.39 is 11.6 Å². The van der Waals surface area contributed by atoms with Crippen molar-refractivity contribution >= 4 is 22.8 Å². The largest absolute Gasteiger partial charge is 0.456 e. The maximum atomic E-state index is 13.6. The van der Waals surface area contributed by atoms with Crippen LogP contribution in [-0.2, 0) is 9.47 Å². The van der Waals surface area contributed by atoms with Gasteiger partial charge in [0.1, 0.15) is 17.7 Å². The number of ether oxygens (including phenoxy) is 3. The van der Waals surface area contributed by atoms with Crippen LogP contribution in [0.5, 0.6) is 6.01 Å². The second-order valence-electron chi connectivity index (χ2n) is 8.12. The number of aromatic amines is 1. The third-order valence-corrected chi connectivity index (χ3v) is 6.23. The molecule has 2 aliphatic rings. The molecule has 33 heavy (non-hydrogen) atoms. The van der Waals surface area contributed by atoms with Crippen LogP contribution in [0.1, 0.15) is 6.42 Å². The van der Waals surface area contributed by atoms with Crippen molar-refractivity contribution in [2.45, 2.75) is 24.7 Å². The number of aromatic nitrogens is 3. The maximum absolute atomic E-state index is 13.6. The summed E-state index contributed by atoms with van der Waals surface area (Å²) in [6.07, 6.45) is 0.631. The molecule has 2 saturated heterocycles. The Balaban J connectivity index is 1.27. The molecule has 4 aromatic rings. The highest BCUT2D eigenvalue weighted by molar-refractivity contribution is 6.33. The third kappa shape index (κ3) is 3.84. The van der Waals surface area contributed by atoms with Gasteiger partial charge in [-0.3, -0.25) is 0 Å². The fourth-order valence-corrected chi connectivity index (χ4v) is 4.63. The van der Waals surface area contributed by atoms with Gasteiger partial charge in [0.15, 0.2) is 11.8 Å². The number of pyridine rings is 1. The molecule has 2 fully saturated rings. The quantitative estimate of drug-likeness (QED) is 0.447. The van der Waals surface area contributed by atoms with E-state index in [0.717, 1.165) is 18.1 Å². The number of fused-ring (bicyclic) bond motifs is 2. The Kier molecular flexibility index (Phi) is 5.01. The second-order valence-corrected chi connectivity index (χ2v) is 8.53. The standard InChI is InChI=1S/C24H18ClF2N3O3/c25-17-10-18-23(30-24(28-18)33-20-11-32-19-5-6-31-22(19)20)29-21(17)13-3-1-12(2-4-13)14-7-15(26)9-16(27)8-14/h1-4,7-10,19-20,22H,5-6,11H2,(H,28,29,30)/t19-,20?,22+/m1/s1. The summed E-state index contributed by atoms with van der Waals surface area (Å²) in [7, 11) is 0. The highest BCUT2D eigenvalue weighted by atomic mass is 35.5. The van der Waals surface area contributed by atoms with Gasteiger partial charge in [0.25, 0.3) is 6.01 Å². The molecule has 3 atom stereocenters. The molecule has 0 amide bonds. The monoisotopic (exact) mass is 469 g/mol. The number of hydrogen-bond donors (Lipinski definition) is 1. The minimum absolute atomic E-state index is 0.0744. The Bertz CT molecular complexity index is 1320. The lowest BCUT2D eigenvalue weighted by Gasteiger charge is -2.15. The van der Waals surface area contributed by atoms with E-state index in [1.165, 1.54) is 12.1 Å². The molecule has 4 heterocycles. The molecule has 0 saturated carbocycles. The first-order valence-corrected chi connectivity index (χ1v) is 10.9. The molecule has 2 aromatic carbocycles. The van der Waals surface area contributed by atoms with Gasteiger partial charge in [0, 0.05) is 18.2 Å². The van der Waals surface area contributed by atoms with Gasteiger partial charge in [-0.2, -0.15) is 4.98 Å². The van der Waals surface area contributed by atoms with Gasteiger partial charge in [0.05, 0.1) is 28.9 Å². The van der Waals surface area contributed by atoms with Gasteiger partial charge < -0.3 is 19.2 Å². The van der Waals surface area contributed by atoms with Crippen molar-refractivity contribution < 1.29 is 23.0 Å². The Morgan fingerprint density at radius 3 is 2.48 bits per heavy atom. The predicted molar refractivity (Wildman–Crippen MR) is 118 cm³/mol. The highest BCUT2D eigenvalue weighted by Gasteiger charge is 2.43. The zero-order valence-corrected chi connectivity index (χ0v) is 18.0. The number of rotatable bonds is 4. The number of halogens is 3. The lowest BCUT2D eigenvalue weighted by molar-refractivity contribution is 0.0273. The summed E-state index contributed by atoms with van der Waals surface area (Å²) in [6.45, 7) is 1.12. The molecule has 2 aliphatic heterocycles. The number of H-pyrrole nitrogens is 1. The minimum atomic E-state index is -0.625. The molecule has 1 N–H and O–H groups in total. The van der Waals surface area contributed by atoms with E-state index >= 15 is 0 Å². The summed E-state index contributed by atoms with van der Waals surface area (Å²) >= 11 is 6.50. The number of hydrogen-bond acceptors (Lipinski definition) is 5. The van der Waals surface area contributed by atoms with E-state index in [9.17, 15) is 8.78 Å². The summed E-state index contributed by atoms with van der Waals surface area (Å²) in [5, 5.41) is 0.436. The van der Waals surface area contributed by atoms with Crippen molar-refractivity contribution in [3.63, 3.8) is 0 Å². The summed E-state index contributed by atoms with van der Waals surface area (Å²) < 4.78 is 44.5. The summed E-state index contributed by atoms with van der Waals surface area (Å²) in [5.41, 5.74) is 3.53. The molecule has 0 radical (unpaired) electrons. The van der Waals surface area contributed by atoms with Crippen LogP contribution in [0.25, 0.3) is 33.5 Å². The molecule has 0 spiro atoms. The Morgan fingerprint density at radius 1 is 0.939 bits per heavy atom. The van der Waals surface area contributed by atoms with Crippen LogP contribution in [0, 0.1) is 11.6 Å². The fraction of sp³-hybridized carbons (Fsp3) is 0.250. The van der Waals surface area contributed by atoms with Crippen molar-refractivity contribution in [1.82, 2.24) is 15.0 Å². The molecule has 2 aromatic heterocycles. The molecule has 9 heteroatoms. The molecule has 168 valence electrons. The van der Waals surface area contributed by atoms with Crippen LogP contribution in [-0.4, -0.2) is 46.5 Å². The molecular formula is C24H18ClF2N3O3. The molecule has 6 nitrogen and oxygen atoms in total. The average Bonchev–Trinajstić information content (AvgIpc) is 3.50. The van der Waals surface area contributed by atoms with Crippen LogP contribution in [0.4, 0.5) is 8.78 Å². The number of nitrogens with one attached hydrogen (secondary N) is 1. The molecular weight excluding hydrogens is 452 g/mol. The lowest BCUT2D eigenvalue weighted by Crippen LogP contribution is -2.32. The van der Waals surface area contributed by atoms with E-state index in [1.807, 2.05) is 0 Å². The predicted octanol–water partition coefficient (Wildman–Crippen LogP) is 5.16. The van der Waals surface area contributed by atoms with Crippen molar-refractivity contribution in [3.05, 3.63) is 65.2 Å². The van der Waals surface area contributed by atoms with E-state index in [2.05, 4.69) is 15.0 Å². The zero-order chi connectivity index (χ0) is 22.5. The maximum Gasteiger partial charge on any atom is 0.296 e. The van der Waals surface area contributed by atoms with Gasteiger partial charge in [0.2, 0.25) is 0 Å². The first kappa shape index (κ1) is 20.5. The van der Waals surface area contributed by atoms with E-state index in [0.29, 0.717) is 52.2 Å². The van der Waals surface area contributed by atoms with Crippen LogP contribution >= 0.6 is 11.6 Å². The van der Waals surface area contributed by atoms with Crippen molar-refractivity contribution in [1.29, 1.82) is 0 Å². The third-order valence-electron chi connectivity index (χ3n) is 5.94. The summed E-state index contributed by atoms with van der Waals surface area (Å²) in [4.78, 5) is 12.2. The van der Waals surface area contributed by atoms with Gasteiger partial charge in [-0.05, 0) is 35.7 Å². The first-order chi connectivity index (χ1) is 16.0. The smallest absolute Gasteiger partial charge is 0.296 e. The fourth-order valence-electron chi connectivity index (χ4n) is 4.37. The topological polar surface area (TPSA) is 69.3 Å². The van der Waals surface area contributed by atoms with E-state index in [4.69, 9.17) is 25.8 Å². The van der Waals surface area contributed by atoms with Crippen molar-refractivity contribution in [2.24, 2.45) is 0 Å². The van der Waals surface area contributed by atoms with Crippen LogP contribution in [0.15, 0.2) is 48.5 Å². The molecule has 0 aliphatic carbocycles. The van der Waals surface area contributed by atoms with Gasteiger partial charge in [-0.25, -0.2) is 13.8 Å².